The standard InChI is InChI=1S/C28H28N2O2/c31-28-20-12-16-24(30(28)27-19-9-10-21-29-27)15-6-1-2-11-22-32-26-18-8-7-17-25(26)23-13-4-3-5-14-23/h3-5,7-10,12-14,16-21H,1-2,6,11,15,22H2. The Bertz CT molecular complexity index is 1170. The molecule has 0 saturated heterocycles. The van der Waals surface area contributed by atoms with Gasteiger partial charge in [0.05, 0.1) is 6.61 Å². The summed E-state index contributed by atoms with van der Waals surface area (Å²) in [5.41, 5.74) is 3.27. The van der Waals surface area contributed by atoms with Crippen LogP contribution in [0.1, 0.15) is 31.4 Å². The molecule has 0 radical (unpaired) electrons. The number of benzene rings is 2. The maximum Gasteiger partial charge on any atom is 0.256 e. The summed E-state index contributed by atoms with van der Waals surface area (Å²) in [7, 11) is 0. The van der Waals surface area contributed by atoms with Crippen LogP contribution in [0.3, 0.4) is 0 Å². The molecule has 162 valence electrons. The molecule has 0 unspecified atom stereocenters. The van der Waals surface area contributed by atoms with Crippen molar-refractivity contribution in [2.75, 3.05) is 6.61 Å². The van der Waals surface area contributed by atoms with Crippen LogP contribution in [0, 0.1) is 0 Å². The quantitative estimate of drug-likeness (QED) is 0.290. The van der Waals surface area contributed by atoms with Crippen LogP contribution < -0.4 is 10.3 Å². The maximum atomic E-state index is 12.4. The molecule has 0 aliphatic carbocycles. The molecular formula is C28H28N2O2. The van der Waals surface area contributed by atoms with E-state index >= 15 is 0 Å². The number of nitrogens with zero attached hydrogens (tertiary/aromatic N) is 2. The summed E-state index contributed by atoms with van der Waals surface area (Å²) in [6.45, 7) is 0.702. The van der Waals surface area contributed by atoms with Crippen LogP contribution in [-0.2, 0) is 6.42 Å². The maximum absolute atomic E-state index is 12.4. The molecule has 32 heavy (non-hydrogen) atoms. The highest BCUT2D eigenvalue weighted by Crippen LogP contribution is 2.29. The zero-order valence-corrected chi connectivity index (χ0v) is 18.2. The minimum Gasteiger partial charge on any atom is -0.493 e. The summed E-state index contributed by atoms with van der Waals surface area (Å²) in [6.07, 6.45) is 6.78. The first-order chi connectivity index (χ1) is 15.8. The van der Waals surface area contributed by atoms with Crippen molar-refractivity contribution in [3.05, 3.63) is 113 Å². The van der Waals surface area contributed by atoms with E-state index in [1.807, 2.05) is 66.7 Å². The van der Waals surface area contributed by atoms with E-state index < -0.39 is 0 Å². The van der Waals surface area contributed by atoms with Gasteiger partial charge in [-0.05, 0) is 49.1 Å². The lowest BCUT2D eigenvalue weighted by molar-refractivity contribution is 0.306. The Morgan fingerprint density at radius 3 is 2.34 bits per heavy atom. The van der Waals surface area contributed by atoms with Crippen LogP contribution in [0.15, 0.2) is 102 Å². The Balaban J connectivity index is 1.25. The van der Waals surface area contributed by atoms with E-state index in [4.69, 9.17) is 4.74 Å². The summed E-state index contributed by atoms with van der Waals surface area (Å²) in [6, 6.07) is 29.6. The van der Waals surface area contributed by atoms with E-state index in [1.54, 1.807) is 16.8 Å². The Hall–Kier alpha value is -3.66. The largest absolute Gasteiger partial charge is 0.493 e. The van der Waals surface area contributed by atoms with Gasteiger partial charge in [0.1, 0.15) is 11.6 Å². The zero-order valence-electron chi connectivity index (χ0n) is 18.2. The molecule has 0 aliphatic rings. The molecule has 0 amide bonds. The summed E-state index contributed by atoms with van der Waals surface area (Å²) in [4.78, 5) is 16.7. The van der Waals surface area contributed by atoms with Crippen LogP contribution in [0.4, 0.5) is 0 Å². The molecule has 4 heteroatoms. The van der Waals surface area contributed by atoms with Crippen LogP contribution >= 0.6 is 0 Å². The molecule has 2 heterocycles. The second-order valence-corrected chi connectivity index (χ2v) is 7.75. The number of aromatic nitrogens is 2. The first kappa shape index (κ1) is 21.6. The molecule has 2 aromatic carbocycles. The smallest absolute Gasteiger partial charge is 0.256 e. The van der Waals surface area contributed by atoms with E-state index in [2.05, 4.69) is 23.2 Å². The first-order valence-electron chi connectivity index (χ1n) is 11.2. The second kappa shape index (κ2) is 11.1. The van der Waals surface area contributed by atoms with Crippen LogP contribution in [0.2, 0.25) is 0 Å². The number of pyridine rings is 2. The van der Waals surface area contributed by atoms with Gasteiger partial charge in [0, 0.05) is 23.5 Å². The highest BCUT2D eigenvalue weighted by Gasteiger charge is 2.07. The third kappa shape index (κ3) is 5.52. The average molecular weight is 425 g/mol. The molecular weight excluding hydrogens is 396 g/mol. The zero-order chi connectivity index (χ0) is 22.0. The lowest BCUT2D eigenvalue weighted by Gasteiger charge is -2.12. The van der Waals surface area contributed by atoms with Crippen molar-refractivity contribution in [1.82, 2.24) is 9.55 Å². The summed E-state index contributed by atoms with van der Waals surface area (Å²) < 4.78 is 7.81. The molecule has 0 N–H and O–H groups in total. The molecule has 2 aromatic heterocycles. The molecule has 0 spiro atoms. The van der Waals surface area contributed by atoms with E-state index in [-0.39, 0.29) is 5.56 Å². The SMILES string of the molecule is O=c1cccc(CCCCCCOc2ccccc2-c2ccccc2)n1-c1ccccn1. The molecule has 0 fully saturated rings. The van der Waals surface area contributed by atoms with Gasteiger partial charge in [-0.3, -0.25) is 9.36 Å². The second-order valence-electron chi connectivity index (χ2n) is 7.75. The van der Waals surface area contributed by atoms with Crippen LogP contribution in [0.25, 0.3) is 16.9 Å². The summed E-state index contributed by atoms with van der Waals surface area (Å²) in [5.74, 6) is 1.61. The van der Waals surface area contributed by atoms with Gasteiger partial charge in [0.15, 0.2) is 0 Å². The predicted molar refractivity (Wildman–Crippen MR) is 129 cm³/mol. The molecule has 4 nitrogen and oxygen atoms in total. The Labute approximate surface area is 189 Å². The van der Waals surface area contributed by atoms with E-state index in [0.717, 1.165) is 49.1 Å². The highest BCUT2D eigenvalue weighted by molar-refractivity contribution is 5.70. The van der Waals surface area contributed by atoms with Crippen molar-refractivity contribution in [2.45, 2.75) is 32.1 Å². The minimum absolute atomic E-state index is 0.0355. The summed E-state index contributed by atoms with van der Waals surface area (Å²) >= 11 is 0. The van der Waals surface area contributed by atoms with E-state index in [1.165, 1.54) is 5.56 Å². The minimum atomic E-state index is -0.0355. The molecule has 4 aromatic rings. The van der Waals surface area contributed by atoms with Crippen LogP contribution in [-0.4, -0.2) is 16.2 Å². The Morgan fingerprint density at radius 1 is 0.719 bits per heavy atom. The van der Waals surface area contributed by atoms with Crippen molar-refractivity contribution in [3.8, 4) is 22.7 Å². The average Bonchev–Trinajstić information content (AvgIpc) is 2.85. The van der Waals surface area contributed by atoms with Gasteiger partial charge in [0.25, 0.3) is 5.56 Å². The molecule has 0 bridgehead atoms. The number of unbranched alkanes of at least 4 members (excludes halogenated alkanes) is 3. The lowest BCUT2D eigenvalue weighted by Crippen LogP contribution is -2.21. The fourth-order valence-electron chi connectivity index (χ4n) is 3.87. The highest BCUT2D eigenvalue weighted by atomic mass is 16.5. The van der Waals surface area contributed by atoms with Crippen molar-refractivity contribution in [1.29, 1.82) is 0 Å². The Morgan fingerprint density at radius 2 is 1.50 bits per heavy atom. The monoisotopic (exact) mass is 424 g/mol. The van der Waals surface area contributed by atoms with Gasteiger partial charge >= 0.3 is 0 Å². The summed E-state index contributed by atoms with van der Waals surface area (Å²) in [5, 5.41) is 0. The third-order valence-electron chi connectivity index (χ3n) is 5.47. The van der Waals surface area contributed by atoms with Crippen molar-refractivity contribution in [2.24, 2.45) is 0 Å². The topological polar surface area (TPSA) is 44.1 Å². The number of hydrogen-bond donors (Lipinski definition) is 0. The van der Waals surface area contributed by atoms with Crippen molar-refractivity contribution in [3.63, 3.8) is 0 Å². The normalized spacial score (nSPS) is 10.8. The fourth-order valence-corrected chi connectivity index (χ4v) is 3.87. The van der Waals surface area contributed by atoms with Gasteiger partial charge in [-0.1, -0.05) is 73.5 Å². The molecule has 0 aliphatic heterocycles. The number of para-hydroxylation sites is 1. The number of hydrogen-bond acceptors (Lipinski definition) is 3. The fraction of sp³-hybridized carbons (Fsp3) is 0.214. The lowest BCUT2D eigenvalue weighted by atomic mass is 10.0. The Kier molecular flexibility index (Phi) is 7.48. The van der Waals surface area contributed by atoms with Gasteiger partial charge in [0.2, 0.25) is 0 Å². The van der Waals surface area contributed by atoms with E-state index in [9.17, 15) is 4.79 Å². The van der Waals surface area contributed by atoms with Gasteiger partial charge in [-0.15, -0.1) is 0 Å². The molecule has 0 atom stereocenters. The third-order valence-corrected chi connectivity index (χ3v) is 5.47. The number of aryl methyl sites for hydroxylation is 1. The van der Waals surface area contributed by atoms with Crippen molar-refractivity contribution >= 4 is 0 Å². The number of ether oxygens (including phenoxy) is 1. The van der Waals surface area contributed by atoms with Crippen molar-refractivity contribution < 1.29 is 4.74 Å². The van der Waals surface area contributed by atoms with E-state index in [0.29, 0.717) is 12.4 Å². The molecule has 0 saturated carbocycles. The molecule has 4 rings (SSSR count). The van der Waals surface area contributed by atoms with Gasteiger partial charge < -0.3 is 4.74 Å². The number of rotatable bonds is 10. The van der Waals surface area contributed by atoms with Crippen LogP contribution in [0.5, 0.6) is 5.75 Å². The van der Waals surface area contributed by atoms with Gasteiger partial charge in [-0.25, -0.2) is 4.98 Å². The first-order valence-corrected chi connectivity index (χ1v) is 11.2. The van der Waals surface area contributed by atoms with Gasteiger partial charge in [-0.2, -0.15) is 0 Å². The predicted octanol–water partition coefficient (Wildman–Crippen LogP) is 6.08.